The fraction of sp³-hybridized carbons (Fsp3) is 0.889. The number of ether oxygens (including phenoxy) is 1. The van der Waals surface area contributed by atoms with Crippen LogP contribution in [0.5, 0.6) is 0 Å². The van der Waals surface area contributed by atoms with Crippen molar-refractivity contribution < 1.29 is 19.4 Å². The van der Waals surface area contributed by atoms with Crippen LogP contribution < -0.4 is 5.32 Å². The summed E-state index contributed by atoms with van der Waals surface area (Å²) in [6.07, 6.45) is 2.61. The molecule has 2 heterocycles. The highest BCUT2D eigenvalue weighted by atomic mass is 32.2. The van der Waals surface area contributed by atoms with Crippen molar-refractivity contribution in [2.24, 2.45) is 11.3 Å². The van der Waals surface area contributed by atoms with Crippen LogP contribution in [0.15, 0.2) is 0 Å². The van der Waals surface area contributed by atoms with E-state index in [0.717, 1.165) is 24.3 Å². The van der Waals surface area contributed by atoms with Crippen LogP contribution >= 0.6 is 23.5 Å². The van der Waals surface area contributed by atoms with E-state index in [1.807, 2.05) is 44.3 Å². The van der Waals surface area contributed by atoms with Crippen LogP contribution in [0, 0.1) is 11.3 Å². The van der Waals surface area contributed by atoms with Crippen molar-refractivity contribution in [3.05, 3.63) is 0 Å². The minimum Gasteiger partial charge on any atom is -0.449 e. The van der Waals surface area contributed by atoms with E-state index in [0.29, 0.717) is 25.5 Å². The molecule has 1 spiro atoms. The zero-order valence-electron chi connectivity index (χ0n) is 15.8. The Labute approximate surface area is 164 Å². The van der Waals surface area contributed by atoms with Crippen LogP contribution in [0.3, 0.4) is 0 Å². The smallest absolute Gasteiger partial charge is 0.407 e. The molecule has 2 aliphatic heterocycles. The van der Waals surface area contributed by atoms with Gasteiger partial charge in [-0.2, -0.15) is 0 Å². The van der Waals surface area contributed by atoms with Gasteiger partial charge in [0.05, 0.1) is 10.7 Å². The van der Waals surface area contributed by atoms with Crippen molar-refractivity contribution in [1.29, 1.82) is 0 Å². The molecule has 3 fully saturated rings. The van der Waals surface area contributed by atoms with Crippen LogP contribution in [0.2, 0.25) is 0 Å². The summed E-state index contributed by atoms with van der Waals surface area (Å²) in [5, 5.41) is 13.3. The predicted octanol–water partition coefficient (Wildman–Crippen LogP) is 2.65. The molecule has 2 saturated heterocycles. The van der Waals surface area contributed by atoms with Gasteiger partial charge in [-0.25, -0.2) is 4.79 Å². The predicted molar refractivity (Wildman–Crippen MR) is 105 cm³/mol. The van der Waals surface area contributed by atoms with E-state index in [1.165, 1.54) is 6.42 Å². The Morgan fingerprint density at radius 1 is 1.31 bits per heavy atom. The molecular formula is C18H30N2O4S2. The Bertz CT molecular complexity index is 542. The summed E-state index contributed by atoms with van der Waals surface area (Å²) in [5.41, 5.74) is -0.474. The summed E-state index contributed by atoms with van der Waals surface area (Å²) in [6, 6.07) is -0.724. The van der Waals surface area contributed by atoms with Crippen LogP contribution in [0.25, 0.3) is 0 Å². The second-order valence-electron chi connectivity index (χ2n) is 8.60. The van der Waals surface area contributed by atoms with E-state index in [1.54, 1.807) is 4.90 Å². The zero-order valence-corrected chi connectivity index (χ0v) is 17.5. The molecule has 0 aromatic rings. The molecule has 2 atom stereocenters. The van der Waals surface area contributed by atoms with Gasteiger partial charge in [-0.1, -0.05) is 20.8 Å². The average molecular weight is 403 g/mol. The molecule has 3 rings (SSSR count). The number of aliphatic hydroxyl groups excluding tert-OH is 1. The number of carbonyl (C=O) groups excluding carboxylic acids is 2. The van der Waals surface area contributed by atoms with Crippen LogP contribution in [-0.4, -0.2) is 63.0 Å². The van der Waals surface area contributed by atoms with E-state index in [-0.39, 0.29) is 9.99 Å². The number of hydrogen-bond donors (Lipinski definition) is 2. The number of carbonyl (C=O) groups is 2. The van der Waals surface area contributed by atoms with Crippen molar-refractivity contribution in [3.8, 4) is 0 Å². The molecule has 1 aliphatic carbocycles. The van der Waals surface area contributed by atoms with Crippen molar-refractivity contribution in [2.75, 3.05) is 24.7 Å². The Morgan fingerprint density at radius 3 is 2.54 bits per heavy atom. The first-order chi connectivity index (χ1) is 12.2. The molecule has 0 aromatic carbocycles. The van der Waals surface area contributed by atoms with Gasteiger partial charge in [-0.15, -0.1) is 23.5 Å². The molecule has 148 valence electrons. The van der Waals surface area contributed by atoms with E-state index in [2.05, 4.69) is 5.32 Å². The second kappa shape index (κ2) is 7.80. The number of alkyl carbamates (subject to hydrolysis) is 1. The van der Waals surface area contributed by atoms with Gasteiger partial charge in [-0.05, 0) is 42.1 Å². The lowest BCUT2D eigenvalue weighted by Gasteiger charge is -2.35. The van der Waals surface area contributed by atoms with Crippen LogP contribution in [0.4, 0.5) is 4.79 Å². The minimum atomic E-state index is -0.797. The standard InChI is InChI=1S/C18H30N2O4S2/c1-17(2,3)14(19-16(23)24-10-12-5-6-12)15(22)20-11-18(9-13(20)21)25-7-4-8-26-18/h12-14,21H,4-11H2,1-3H3,(H,19,23)/t13-,14-/m1/s1. The monoisotopic (exact) mass is 402 g/mol. The van der Waals surface area contributed by atoms with Crippen LogP contribution in [0.1, 0.15) is 46.5 Å². The van der Waals surface area contributed by atoms with Gasteiger partial charge in [0.2, 0.25) is 5.91 Å². The molecule has 0 radical (unpaired) electrons. The Morgan fingerprint density at radius 2 is 1.96 bits per heavy atom. The number of amides is 2. The Balaban J connectivity index is 1.65. The number of hydrogen-bond acceptors (Lipinski definition) is 6. The van der Waals surface area contributed by atoms with Gasteiger partial charge in [0.15, 0.2) is 0 Å². The zero-order chi connectivity index (χ0) is 18.9. The fourth-order valence-corrected chi connectivity index (χ4v) is 6.65. The molecule has 2 N–H and O–H groups in total. The van der Waals surface area contributed by atoms with Gasteiger partial charge in [0, 0.05) is 13.0 Å². The highest BCUT2D eigenvalue weighted by molar-refractivity contribution is 8.18. The minimum absolute atomic E-state index is 0.109. The number of likely N-dealkylation sites (tertiary alicyclic amines) is 1. The fourth-order valence-electron chi connectivity index (χ4n) is 3.32. The van der Waals surface area contributed by atoms with E-state index in [4.69, 9.17) is 4.74 Å². The first-order valence-electron chi connectivity index (χ1n) is 9.40. The second-order valence-corrected chi connectivity index (χ2v) is 11.8. The van der Waals surface area contributed by atoms with Gasteiger partial charge in [0.1, 0.15) is 12.3 Å². The van der Waals surface area contributed by atoms with Crippen LogP contribution in [-0.2, 0) is 9.53 Å². The van der Waals surface area contributed by atoms with Gasteiger partial charge >= 0.3 is 6.09 Å². The molecule has 6 nitrogen and oxygen atoms in total. The molecule has 2 amide bonds. The molecule has 0 bridgehead atoms. The van der Waals surface area contributed by atoms with Crippen molar-refractivity contribution in [3.63, 3.8) is 0 Å². The number of nitrogens with zero attached hydrogens (tertiary/aromatic N) is 1. The number of rotatable bonds is 4. The lowest BCUT2D eigenvalue weighted by Crippen LogP contribution is -2.56. The van der Waals surface area contributed by atoms with E-state index >= 15 is 0 Å². The quantitative estimate of drug-likeness (QED) is 0.753. The first kappa shape index (κ1) is 20.1. The number of nitrogens with one attached hydrogen (secondary N) is 1. The Hall–Kier alpha value is -0.600. The number of thioether (sulfide) groups is 2. The number of aliphatic hydroxyl groups is 1. The third-order valence-corrected chi connectivity index (χ3v) is 8.43. The topological polar surface area (TPSA) is 78.9 Å². The SMILES string of the molecule is CC(C)(C)[C@H](NC(=O)OCC1CC1)C(=O)N1CC2(C[C@H]1O)SCCCS2. The molecule has 1 saturated carbocycles. The van der Waals surface area contributed by atoms with E-state index in [9.17, 15) is 14.7 Å². The first-order valence-corrected chi connectivity index (χ1v) is 11.4. The third-order valence-electron chi connectivity index (χ3n) is 5.09. The lowest BCUT2D eigenvalue weighted by atomic mass is 9.86. The normalized spacial score (nSPS) is 26.6. The summed E-state index contributed by atoms with van der Waals surface area (Å²) in [6.45, 7) is 6.69. The largest absolute Gasteiger partial charge is 0.449 e. The maximum absolute atomic E-state index is 13.2. The maximum Gasteiger partial charge on any atom is 0.407 e. The van der Waals surface area contributed by atoms with Crippen molar-refractivity contribution >= 4 is 35.5 Å². The molecule has 3 aliphatic rings. The third kappa shape index (κ3) is 4.81. The van der Waals surface area contributed by atoms with Crippen molar-refractivity contribution in [1.82, 2.24) is 10.2 Å². The molecule has 0 unspecified atom stereocenters. The molecule has 26 heavy (non-hydrogen) atoms. The van der Waals surface area contributed by atoms with Gasteiger partial charge in [0.25, 0.3) is 0 Å². The average Bonchev–Trinajstić information content (AvgIpc) is 3.34. The van der Waals surface area contributed by atoms with Crippen molar-refractivity contribution in [2.45, 2.75) is 62.8 Å². The molecular weight excluding hydrogens is 372 g/mol. The molecule has 8 heteroatoms. The van der Waals surface area contributed by atoms with E-state index < -0.39 is 23.8 Å². The summed E-state index contributed by atoms with van der Waals surface area (Å²) in [7, 11) is 0. The highest BCUT2D eigenvalue weighted by Crippen LogP contribution is 2.50. The summed E-state index contributed by atoms with van der Waals surface area (Å²) >= 11 is 3.69. The summed E-state index contributed by atoms with van der Waals surface area (Å²) in [5.74, 6) is 2.38. The van der Waals surface area contributed by atoms with Gasteiger partial charge in [-0.3, -0.25) is 4.79 Å². The Kier molecular flexibility index (Phi) is 6.04. The summed E-state index contributed by atoms with van der Waals surface area (Å²) < 4.78 is 5.14. The van der Waals surface area contributed by atoms with Gasteiger partial charge < -0.3 is 20.1 Å². The maximum atomic E-state index is 13.2. The highest BCUT2D eigenvalue weighted by Gasteiger charge is 2.49. The summed E-state index contributed by atoms with van der Waals surface area (Å²) in [4.78, 5) is 26.9. The molecule has 0 aromatic heterocycles. The lowest BCUT2D eigenvalue weighted by molar-refractivity contribution is -0.142.